The molecule has 0 aromatic heterocycles. The maximum Gasteiger partial charge on any atom is 0.475 e. The molecule has 0 saturated carbocycles. The Hall–Kier alpha value is 0.360. The Morgan fingerprint density at radius 1 is 1.79 bits per heavy atom. The summed E-state index contributed by atoms with van der Waals surface area (Å²) in [5.74, 6) is 0. The van der Waals surface area contributed by atoms with Gasteiger partial charge in [-0.15, -0.1) is 0 Å². The van der Waals surface area contributed by atoms with Gasteiger partial charge < -0.3 is 4.89 Å². The molecule has 0 bridgehead atoms. The van der Waals surface area contributed by atoms with Crippen molar-refractivity contribution in [1.82, 2.24) is 5.32 Å². The van der Waals surface area contributed by atoms with Gasteiger partial charge in [-0.2, -0.15) is 0 Å². The zero-order valence-electron chi connectivity index (χ0n) is 7.98. The fraction of sp³-hybridized carbons (Fsp3) is 1.00. The van der Waals surface area contributed by atoms with Gasteiger partial charge in [0.15, 0.2) is 0 Å². The van der Waals surface area contributed by atoms with E-state index in [0.29, 0.717) is 13.0 Å². The van der Waals surface area contributed by atoms with E-state index in [1.807, 2.05) is 6.92 Å². The van der Waals surface area contributed by atoms with Crippen molar-refractivity contribution < 1.29 is 18.5 Å². The average Bonchev–Trinajstić information content (AvgIpc) is 2.82. The van der Waals surface area contributed by atoms with Crippen LogP contribution >= 0.6 is 19.4 Å². The monoisotopic (exact) mass is 243 g/mol. The van der Waals surface area contributed by atoms with Gasteiger partial charge in [0, 0.05) is 6.54 Å². The van der Waals surface area contributed by atoms with Crippen molar-refractivity contribution in [2.75, 3.05) is 6.54 Å². The third-order valence-electron chi connectivity index (χ3n) is 1.66. The second kappa shape index (κ2) is 5.45. The maximum atomic E-state index is 11.2. The van der Waals surface area contributed by atoms with E-state index < -0.39 is 13.4 Å². The van der Waals surface area contributed by atoms with Crippen LogP contribution in [0.25, 0.3) is 0 Å². The number of phosphoric ester groups is 1. The second-order valence-corrected chi connectivity index (χ2v) is 4.97. The molecular formula is C7H15ClNO4P. The largest absolute Gasteiger partial charge is 0.475 e. The lowest BCUT2D eigenvalue weighted by atomic mass is 10.3. The van der Waals surface area contributed by atoms with Gasteiger partial charge in [0.05, 0.1) is 0 Å². The van der Waals surface area contributed by atoms with E-state index in [1.165, 1.54) is 0 Å². The lowest BCUT2D eigenvalue weighted by Gasteiger charge is -2.14. The van der Waals surface area contributed by atoms with Crippen LogP contribution in [-0.4, -0.2) is 23.2 Å². The number of hydrogen-bond acceptors (Lipinski definition) is 4. The molecular weight excluding hydrogens is 229 g/mol. The van der Waals surface area contributed by atoms with Crippen LogP contribution in [0.15, 0.2) is 0 Å². The van der Waals surface area contributed by atoms with Crippen molar-refractivity contribution in [3.63, 3.8) is 0 Å². The van der Waals surface area contributed by atoms with Crippen molar-refractivity contribution in [2.45, 2.75) is 38.0 Å². The molecule has 14 heavy (non-hydrogen) atoms. The molecule has 1 rings (SSSR count). The van der Waals surface area contributed by atoms with Gasteiger partial charge in [-0.3, -0.25) is 14.4 Å². The van der Waals surface area contributed by atoms with E-state index in [1.54, 1.807) is 0 Å². The maximum absolute atomic E-state index is 11.2. The molecule has 0 aromatic carbocycles. The Balaban J connectivity index is 2.21. The molecule has 0 aliphatic carbocycles. The molecule has 1 aliphatic rings. The standard InChI is InChI=1S/C7H15ClNO4P/c1-2-3-4-6(8)12-14(10,11)13-7-5-9-7/h6-7,9H,2-5H2,1H3,(H,10,11). The van der Waals surface area contributed by atoms with E-state index in [0.717, 1.165) is 12.8 Å². The molecule has 1 saturated heterocycles. The molecule has 0 radical (unpaired) electrons. The van der Waals surface area contributed by atoms with Crippen molar-refractivity contribution >= 4 is 19.4 Å². The van der Waals surface area contributed by atoms with Crippen LogP contribution in [0.5, 0.6) is 0 Å². The molecule has 1 fully saturated rings. The van der Waals surface area contributed by atoms with Crippen LogP contribution in [-0.2, 0) is 13.6 Å². The molecule has 1 heterocycles. The second-order valence-electron chi connectivity index (χ2n) is 3.13. The van der Waals surface area contributed by atoms with Crippen LogP contribution < -0.4 is 5.32 Å². The van der Waals surface area contributed by atoms with Crippen molar-refractivity contribution in [1.29, 1.82) is 0 Å². The zero-order chi connectivity index (χ0) is 10.6. The fourth-order valence-corrected chi connectivity index (χ4v) is 2.24. The van der Waals surface area contributed by atoms with Crippen LogP contribution in [0.3, 0.4) is 0 Å². The average molecular weight is 244 g/mol. The van der Waals surface area contributed by atoms with Crippen molar-refractivity contribution in [3.05, 3.63) is 0 Å². The zero-order valence-corrected chi connectivity index (χ0v) is 9.63. The Labute approximate surface area is 88.3 Å². The van der Waals surface area contributed by atoms with E-state index in [9.17, 15) is 9.46 Å². The first-order valence-corrected chi connectivity index (χ1v) is 6.54. The topological polar surface area (TPSA) is 77.7 Å². The first-order valence-electron chi connectivity index (χ1n) is 4.60. The minimum atomic E-state index is -3.98. The first-order chi connectivity index (χ1) is 6.53. The van der Waals surface area contributed by atoms with Crippen molar-refractivity contribution in [3.8, 4) is 0 Å². The van der Waals surface area contributed by atoms with E-state index in [2.05, 4.69) is 5.32 Å². The molecule has 1 aliphatic heterocycles. The van der Waals surface area contributed by atoms with Gasteiger partial charge in [0.2, 0.25) is 0 Å². The minimum Gasteiger partial charge on any atom is -0.302 e. The highest BCUT2D eigenvalue weighted by Crippen LogP contribution is 2.47. The molecule has 5 nitrogen and oxygen atoms in total. The summed E-state index contributed by atoms with van der Waals surface area (Å²) in [5, 5.41) is 2.73. The minimum absolute atomic E-state index is 0.360. The SMILES string of the molecule is CCCCC(Cl)OP(=O)(O)OC1CN1. The van der Waals surface area contributed by atoms with E-state index in [-0.39, 0.29) is 6.23 Å². The summed E-state index contributed by atoms with van der Waals surface area (Å²) in [6, 6.07) is 0. The number of phosphoric acid groups is 1. The number of unbranched alkanes of at least 4 members (excludes halogenated alkanes) is 1. The van der Waals surface area contributed by atoms with Crippen molar-refractivity contribution in [2.24, 2.45) is 0 Å². The van der Waals surface area contributed by atoms with Crippen LogP contribution in [0.4, 0.5) is 0 Å². The van der Waals surface area contributed by atoms with Crippen LogP contribution in [0.2, 0.25) is 0 Å². The number of halogens is 1. The van der Waals surface area contributed by atoms with E-state index >= 15 is 0 Å². The molecule has 84 valence electrons. The summed E-state index contributed by atoms with van der Waals surface area (Å²) in [4.78, 5) is 9.18. The van der Waals surface area contributed by atoms with Gasteiger partial charge in [0.1, 0.15) is 11.8 Å². The predicted octanol–water partition coefficient (Wildman–Crippen LogP) is 1.80. The molecule has 0 aromatic rings. The molecule has 0 amide bonds. The summed E-state index contributed by atoms with van der Waals surface area (Å²) in [7, 11) is -3.98. The molecule has 2 N–H and O–H groups in total. The summed E-state index contributed by atoms with van der Waals surface area (Å²) in [5.41, 5.74) is -0.760. The van der Waals surface area contributed by atoms with Gasteiger partial charge >= 0.3 is 7.82 Å². The molecule has 3 atom stereocenters. The van der Waals surface area contributed by atoms with Crippen LogP contribution in [0, 0.1) is 0 Å². The molecule has 3 unspecified atom stereocenters. The van der Waals surface area contributed by atoms with Gasteiger partial charge in [-0.25, -0.2) is 4.57 Å². The Morgan fingerprint density at radius 2 is 2.43 bits per heavy atom. The normalized spacial score (nSPS) is 26.9. The lowest BCUT2D eigenvalue weighted by molar-refractivity contribution is 0.125. The molecule has 0 spiro atoms. The first kappa shape index (κ1) is 12.4. The number of rotatable bonds is 7. The highest BCUT2D eigenvalue weighted by molar-refractivity contribution is 7.47. The summed E-state index contributed by atoms with van der Waals surface area (Å²) < 4.78 is 20.6. The van der Waals surface area contributed by atoms with Gasteiger partial charge in [-0.05, 0) is 12.8 Å². The highest BCUT2D eigenvalue weighted by Gasteiger charge is 2.34. The lowest BCUT2D eigenvalue weighted by Crippen LogP contribution is -2.07. The molecule has 7 heteroatoms. The van der Waals surface area contributed by atoms with E-state index in [4.69, 9.17) is 20.6 Å². The predicted molar refractivity (Wildman–Crippen MR) is 53.0 cm³/mol. The van der Waals surface area contributed by atoms with Gasteiger partial charge in [0.25, 0.3) is 0 Å². The van der Waals surface area contributed by atoms with Crippen LogP contribution in [0.1, 0.15) is 26.2 Å². The van der Waals surface area contributed by atoms with Gasteiger partial charge in [-0.1, -0.05) is 24.9 Å². The Kier molecular flexibility index (Phi) is 4.83. The smallest absolute Gasteiger partial charge is 0.302 e. The summed E-state index contributed by atoms with van der Waals surface area (Å²) in [6.45, 7) is 2.59. The summed E-state index contributed by atoms with van der Waals surface area (Å²) in [6.07, 6.45) is 2.01. The third kappa shape index (κ3) is 5.29. The number of alkyl halides is 1. The Bertz CT molecular complexity index is 224. The third-order valence-corrected chi connectivity index (χ3v) is 3.14. The number of nitrogens with one attached hydrogen (secondary N) is 1. The summed E-state index contributed by atoms with van der Waals surface area (Å²) >= 11 is 5.69. The Morgan fingerprint density at radius 3 is 2.93 bits per heavy atom. The quantitative estimate of drug-likeness (QED) is 0.405. The number of hydrogen-bond donors (Lipinski definition) is 2. The fourth-order valence-electron chi connectivity index (χ4n) is 0.870. The highest BCUT2D eigenvalue weighted by atomic mass is 35.5.